The number of rotatable bonds is 7. The summed E-state index contributed by atoms with van der Waals surface area (Å²) in [6.07, 6.45) is 2.23. The van der Waals surface area contributed by atoms with E-state index in [1.807, 2.05) is 13.8 Å². The van der Waals surface area contributed by atoms with E-state index in [2.05, 4.69) is 5.32 Å². The lowest BCUT2D eigenvalue weighted by molar-refractivity contribution is -0.136. The molecule has 1 rings (SSSR count). The first-order valence-electron chi connectivity index (χ1n) is 7.41. The number of carbonyl (C=O) groups is 2. The van der Waals surface area contributed by atoms with Gasteiger partial charge >= 0.3 is 0 Å². The Hall–Kier alpha value is -0.850. The second kappa shape index (κ2) is 10.8. The quantitative estimate of drug-likeness (QED) is 0.716. The maximum atomic E-state index is 12.1. The van der Waals surface area contributed by atoms with E-state index in [4.69, 9.17) is 10.5 Å². The lowest BCUT2D eigenvalue weighted by atomic mass is 9.97. The number of nitrogens with two attached hydrogens (primary N) is 1. The summed E-state index contributed by atoms with van der Waals surface area (Å²) in [6, 6.07) is 0. The van der Waals surface area contributed by atoms with Crippen molar-refractivity contribution in [2.75, 3.05) is 32.8 Å². The van der Waals surface area contributed by atoms with E-state index < -0.39 is 0 Å². The van der Waals surface area contributed by atoms with Crippen molar-refractivity contribution >= 4 is 24.2 Å². The lowest BCUT2D eigenvalue weighted by Gasteiger charge is -2.32. The number of piperidine rings is 1. The molecule has 21 heavy (non-hydrogen) atoms. The van der Waals surface area contributed by atoms with Crippen LogP contribution in [-0.4, -0.2) is 55.6 Å². The van der Waals surface area contributed by atoms with E-state index in [-0.39, 0.29) is 36.2 Å². The number of amides is 2. The van der Waals surface area contributed by atoms with Crippen molar-refractivity contribution in [1.82, 2.24) is 10.2 Å². The van der Waals surface area contributed by atoms with Crippen molar-refractivity contribution in [3.63, 3.8) is 0 Å². The van der Waals surface area contributed by atoms with Gasteiger partial charge in [0.1, 0.15) is 0 Å². The first-order chi connectivity index (χ1) is 9.54. The highest BCUT2D eigenvalue weighted by Crippen LogP contribution is 2.17. The fourth-order valence-corrected chi connectivity index (χ4v) is 2.30. The van der Waals surface area contributed by atoms with Gasteiger partial charge in [0.05, 0.1) is 25.0 Å². The van der Waals surface area contributed by atoms with Gasteiger partial charge in [-0.25, -0.2) is 0 Å². The van der Waals surface area contributed by atoms with Gasteiger partial charge in [0.15, 0.2) is 0 Å². The van der Waals surface area contributed by atoms with Crippen molar-refractivity contribution in [2.45, 2.75) is 39.2 Å². The predicted molar refractivity (Wildman–Crippen MR) is 84.3 cm³/mol. The van der Waals surface area contributed by atoms with E-state index in [0.717, 1.165) is 19.4 Å². The maximum Gasteiger partial charge on any atom is 0.224 e. The highest BCUT2D eigenvalue weighted by atomic mass is 35.5. The normalized spacial score (nSPS) is 18.3. The average molecular weight is 322 g/mol. The molecule has 1 heterocycles. The predicted octanol–water partition coefficient (Wildman–Crippen LogP) is 0.537. The van der Waals surface area contributed by atoms with Gasteiger partial charge in [-0.3, -0.25) is 9.59 Å². The zero-order valence-electron chi connectivity index (χ0n) is 13.0. The smallest absolute Gasteiger partial charge is 0.224 e. The molecular weight excluding hydrogens is 294 g/mol. The van der Waals surface area contributed by atoms with Gasteiger partial charge in [-0.2, -0.15) is 0 Å². The number of nitrogens with zero attached hydrogens (tertiary/aromatic N) is 1. The summed E-state index contributed by atoms with van der Waals surface area (Å²) < 4.78 is 5.39. The van der Waals surface area contributed by atoms with Crippen LogP contribution in [0, 0.1) is 5.92 Å². The van der Waals surface area contributed by atoms with Gasteiger partial charge in [-0.05, 0) is 26.7 Å². The van der Waals surface area contributed by atoms with Crippen molar-refractivity contribution < 1.29 is 14.3 Å². The number of carbonyl (C=O) groups excluding carboxylic acids is 2. The summed E-state index contributed by atoms with van der Waals surface area (Å²) in [5, 5.41) is 2.79. The van der Waals surface area contributed by atoms with Crippen LogP contribution in [0.25, 0.3) is 0 Å². The molecule has 0 aromatic carbocycles. The molecule has 1 aliphatic heterocycles. The second-order valence-corrected chi connectivity index (χ2v) is 5.43. The van der Waals surface area contributed by atoms with Crippen molar-refractivity contribution in [3.8, 4) is 0 Å². The fraction of sp³-hybridized carbons (Fsp3) is 0.857. The van der Waals surface area contributed by atoms with Gasteiger partial charge in [0, 0.05) is 26.2 Å². The maximum absolute atomic E-state index is 12.1. The van der Waals surface area contributed by atoms with E-state index in [9.17, 15) is 9.59 Å². The Morgan fingerprint density at radius 2 is 2.14 bits per heavy atom. The first kappa shape index (κ1) is 20.1. The molecule has 0 radical (unpaired) electrons. The number of hydrogen-bond acceptors (Lipinski definition) is 4. The highest BCUT2D eigenvalue weighted by Gasteiger charge is 2.27. The largest absolute Gasteiger partial charge is 0.378 e. The summed E-state index contributed by atoms with van der Waals surface area (Å²) in [7, 11) is 0. The minimum atomic E-state index is -0.106. The highest BCUT2D eigenvalue weighted by molar-refractivity contribution is 5.85. The zero-order chi connectivity index (χ0) is 15.0. The van der Waals surface area contributed by atoms with Crippen LogP contribution in [0.3, 0.4) is 0 Å². The van der Waals surface area contributed by atoms with Crippen molar-refractivity contribution in [3.05, 3.63) is 0 Å². The molecule has 0 aliphatic carbocycles. The molecule has 0 saturated carbocycles. The van der Waals surface area contributed by atoms with E-state index >= 15 is 0 Å². The van der Waals surface area contributed by atoms with Crippen LogP contribution >= 0.6 is 12.4 Å². The minimum Gasteiger partial charge on any atom is -0.378 e. The van der Waals surface area contributed by atoms with Gasteiger partial charge in [0.2, 0.25) is 11.8 Å². The molecule has 124 valence electrons. The molecule has 6 nitrogen and oxygen atoms in total. The van der Waals surface area contributed by atoms with Gasteiger partial charge < -0.3 is 20.7 Å². The zero-order valence-corrected chi connectivity index (χ0v) is 13.8. The summed E-state index contributed by atoms with van der Waals surface area (Å²) in [5.74, 6) is -0.0291. The molecule has 0 aromatic rings. The summed E-state index contributed by atoms with van der Waals surface area (Å²) >= 11 is 0. The number of likely N-dealkylation sites (tertiary alicyclic amines) is 1. The Bertz CT molecular complexity index is 327. The summed E-state index contributed by atoms with van der Waals surface area (Å²) in [5.41, 5.74) is 5.37. The van der Waals surface area contributed by atoms with Gasteiger partial charge in [-0.15, -0.1) is 12.4 Å². The molecule has 1 saturated heterocycles. The van der Waals surface area contributed by atoms with Gasteiger partial charge in [-0.1, -0.05) is 0 Å². The molecule has 3 N–H and O–H groups in total. The van der Waals surface area contributed by atoms with E-state index in [1.165, 1.54) is 0 Å². The molecule has 7 heteroatoms. The van der Waals surface area contributed by atoms with Gasteiger partial charge in [0.25, 0.3) is 0 Å². The van der Waals surface area contributed by atoms with Crippen molar-refractivity contribution in [2.24, 2.45) is 11.7 Å². The van der Waals surface area contributed by atoms with E-state index in [0.29, 0.717) is 32.7 Å². The third-order valence-corrected chi connectivity index (χ3v) is 3.36. The number of halogens is 1. The van der Waals surface area contributed by atoms with Crippen LogP contribution in [-0.2, 0) is 14.3 Å². The van der Waals surface area contributed by atoms with Crippen molar-refractivity contribution in [1.29, 1.82) is 0 Å². The molecule has 1 unspecified atom stereocenters. The second-order valence-electron chi connectivity index (χ2n) is 5.43. The molecule has 0 aromatic heterocycles. The first-order valence-corrected chi connectivity index (χ1v) is 7.41. The Kier molecular flexibility index (Phi) is 10.4. The minimum absolute atomic E-state index is 0. The summed E-state index contributed by atoms with van der Waals surface area (Å²) in [4.78, 5) is 25.7. The number of hydrogen-bond donors (Lipinski definition) is 2. The molecular formula is C14H28ClN3O3. The fourth-order valence-electron chi connectivity index (χ4n) is 2.30. The van der Waals surface area contributed by atoms with Crippen LogP contribution in [0.1, 0.15) is 33.1 Å². The average Bonchev–Trinajstić information content (AvgIpc) is 2.44. The SMILES string of the molecule is CC(C)OCCC(=O)N1CCCC(C(=O)NCCN)C1.Cl. The lowest BCUT2D eigenvalue weighted by Crippen LogP contribution is -2.46. The third-order valence-electron chi connectivity index (χ3n) is 3.36. The molecule has 1 atom stereocenters. The van der Waals surface area contributed by atoms with Crippen LogP contribution < -0.4 is 11.1 Å². The number of nitrogens with one attached hydrogen (secondary N) is 1. The van der Waals surface area contributed by atoms with Crippen LogP contribution in [0.15, 0.2) is 0 Å². The topological polar surface area (TPSA) is 84.7 Å². The Labute approximate surface area is 133 Å². The molecule has 0 spiro atoms. The number of ether oxygens (including phenoxy) is 1. The third kappa shape index (κ3) is 7.64. The molecule has 1 aliphatic rings. The van der Waals surface area contributed by atoms with Crippen LogP contribution in [0.5, 0.6) is 0 Å². The van der Waals surface area contributed by atoms with Crippen LogP contribution in [0.2, 0.25) is 0 Å². The molecule has 1 fully saturated rings. The standard InChI is InChI=1S/C14H27N3O3.ClH/c1-11(2)20-9-5-13(18)17-8-3-4-12(10-17)14(19)16-7-6-15;/h11-12H,3-10,15H2,1-2H3,(H,16,19);1H. The Morgan fingerprint density at radius 3 is 2.76 bits per heavy atom. The molecule has 0 bridgehead atoms. The Morgan fingerprint density at radius 1 is 1.43 bits per heavy atom. The Balaban J connectivity index is 0.00000400. The molecule has 2 amide bonds. The monoisotopic (exact) mass is 321 g/mol. The van der Waals surface area contributed by atoms with E-state index in [1.54, 1.807) is 4.90 Å². The summed E-state index contributed by atoms with van der Waals surface area (Å²) in [6.45, 7) is 6.51. The van der Waals surface area contributed by atoms with Crippen LogP contribution in [0.4, 0.5) is 0 Å².